The molecule has 0 atom stereocenters. The first-order chi connectivity index (χ1) is 8.65. The van der Waals surface area contributed by atoms with E-state index in [1.54, 1.807) is 23.0 Å². The van der Waals surface area contributed by atoms with Gasteiger partial charge in [0.1, 0.15) is 6.33 Å². The number of aromatic nitrogens is 5. The zero-order chi connectivity index (χ0) is 12.7. The molecule has 2 heterocycles. The van der Waals surface area contributed by atoms with Crippen LogP contribution in [0.5, 0.6) is 0 Å². The number of rotatable bonds is 1. The van der Waals surface area contributed by atoms with E-state index < -0.39 is 0 Å². The summed E-state index contributed by atoms with van der Waals surface area (Å²) in [6.45, 7) is 0. The van der Waals surface area contributed by atoms with Gasteiger partial charge in [0.15, 0.2) is 5.82 Å². The van der Waals surface area contributed by atoms with Crippen LogP contribution in [-0.2, 0) is 7.05 Å². The predicted molar refractivity (Wildman–Crippen MR) is 71.0 cm³/mol. The molecule has 2 aromatic heterocycles. The van der Waals surface area contributed by atoms with Gasteiger partial charge in [-0.3, -0.25) is 0 Å². The standard InChI is InChI=1S/C11H8ClN5S/c1-16-6-13-10-14-9(15-17(10)11(16)18)7-3-2-4-8(12)5-7/h2-6H,1H3. The summed E-state index contributed by atoms with van der Waals surface area (Å²) in [5.41, 5.74) is 0.838. The van der Waals surface area contributed by atoms with Crippen LogP contribution < -0.4 is 0 Å². The zero-order valence-electron chi connectivity index (χ0n) is 9.41. The lowest BCUT2D eigenvalue weighted by Gasteiger charge is -1.96. The van der Waals surface area contributed by atoms with Gasteiger partial charge in [-0.1, -0.05) is 23.7 Å². The number of halogens is 1. The van der Waals surface area contributed by atoms with Crippen LogP contribution in [0.3, 0.4) is 0 Å². The Kier molecular flexibility index (Phi) is 2.61. The smallest absolute Gasteiger partial charge is 0.256 e. The van der Waals surface area contributed by atoms with Gasteiger partial charge in [-0.15, -0.1) is 5.10 Å². The third-order valence-electron chi connectivity index (χ3n) is 2.50. The molecule has 0 bridgehead atoms. The van der Waals surface area contributed by atoms with Crippen molar-refractivity contribution >= 4 is 29.6 Å². The van der Waals surface area contributed by atoms with Gasteiger partial charge in [0, 0.05) is 17.6 Å². The Morgan fingerprint density at radius 1 is 1.33 bits per heavy atom. The van der Waals surface area contributed by atoms with E-state index >= 15 is 0 Å². The monoisotopic (exact) mass is 277 g/mol. The molecule has 0 spiro atoms. The number of aryl methyl sites for hydroxylation is 1. The second-order valence-electron chi connectivity index (χ2n) is 3.80. The van der Waals surface area contributed by atoms with E-state index in [0.717, 1.165) is 5.56 Å². The maximum Gasteiger partial charge on any atom is 0.256 e. The number of hydrogen-bond acceptors (Lipinski definition) is 4. The van der Waals surface area contributed by atoms with E-state index in [4.69, 9.17) is 23.8 Å². The van der Waals surface area contributed by atoms with Gasteiger partial charge < -0.3 is 4.57 Å². The van der Waals surface area contributed by atoms with Gasteiger partial charge in [-0.05, 0) is 24.4 Å². The molecule has 5 nitrogen and oxygen atoms in total. The topological polar surface area (TPSA) is 48.0 Å². The average molecular weight is 278 g/mol. The van der Waals surface area contributed by atoms with Crippen LogP contribution in [0.25, 0.3) is 17.2 Å². The first-order valence-corrected chi connectivity index (χ1v) is 5.98. The lowest BCUT2D eigenvalue weighted by atomic mass is 10.2. The summed E-state index contributed by atoms with van der Waals surface area (Å²) in [6.07, 6.45) is 1.62. The maximum absolute atomic E-state index is 5.95. The second-order valence-corrected chi connectivity index (χ2v) is 4.60. The van der Waals surface area contributed by atoms with Crippen molar-refractivity contribution in [1.82, 2.24) is 24.1 Å². The van der Waals surface area contributed by atoms with Crippen molar-refractivity contribution in [1.29, 1.82) is 0 Å². The Morgan fingerprint density at radius 2 is 2.17 bits per heavy atom. The molecule has 0 fully saturated rings. The molecule has 0 aliphatic heterocycles. The van der Waals surface area contributed by atoms with Crippen LogP contribution in [0.2, 0.25) is 5.02 Å². The maximum atomic E-state index is 5.95. The van der Waals surface area contributed by atoms with Gasteiger partial charge >= 0.3 is 0 Å². The van der Waals surface area contributed by atoms with Crippen molar-refractivity contribution in [3.8, 4) is 11.4 Å². The summed E-state index contributed by atoms with van der Waals surface area (Å²) in [7, 11) is 1.81. The molecule has 0 amide bonds. The second kappa shape index (κ2) is 4.15. The number of benzene rings is 1. The summed E-state index contributed by atoms with van der Waals surface area (Å²) >= 11 is 11.2. The molecule has 3 aromatic rings. The van der Waals surface area contributed by atoms with E-state index in [0.29, 0.717) is 21.4 Å². The number of fused-ring (bicyclic) bond motifs is 1. The van der Waals surface area contributed by atoms with Crippen molar-refractivity contribution in [2.45, 2.75) is 0 Å². The number of nitrogens with zero attached hydrogens (tertiary/aromatic N) is 5. The zero-order valence-corrected chi connectivity index (χ0v) is 11.0. The van der Waals surface area contributed by atoms with Gasteiger partial charge in [-0.2, -0.15) is 9.50 Å². The van der Waals surface area contributed by atoms with Crippen LogP contribution in [0, 0.1) is 4.77 Å². The Hall–Kier alpha value is -1.79. The summed E-state index contributed by atoms with van der Waals surface area (Å²) in [5, 5.41) is 4.99. The van der Waals surface area contributed by atoms with E-state index in [1.165, 1.54) is 4.52 Å². The van der Waals surface area contributed by atoms with Gasteiger partial charge in [0.25, 0.3) is 5.78 Å². The summed E-state index contributed by atoms with van der Waals surface area (Å²) in [4.78, 5) is 8.49. The SMILES string of the molecule is Cn1cnc2nc(-c3cccc(Cl)c3)nn2c1=S. The molecule has 0 aliphatic rings. The quantitative estimate of drug-likeness (QED) is 0.641. The first-order valence-electron chi connectivity index (χ1n) is 5.19. The van der Waals surface area contributed by atoms with Crippen LogP contribution in [0.15, 0.2) is 30.6 Å². The Labute approximate surface area is 113 Å². The largest absolute Gasteiger partial charge is 0.311 e. The fraction of sp³-hybridized carbons (Fsp3) is 0.0909. The molecule has 0 unspecified atom stereocenters. The minimum Gasteiger partial charge on any atom is -0.311 e. The van der Waals surface area contributed by atoms with Crippen molar-refractivity contribution in [3.63, 3.8) is 0 Å². The highest BCUT2D eigenvalue weighted by molar-refractivity contribution is 7.71. The minimum absolute atomic E-state index is 0.480. The molecule has 0 radical (unpaired) electrons. The van der Waals surface area contributed by atoms with E-state index in [1.807, 2.05) is 19.2 Å². The highest BCUT2D eigenvalue weighted by Gasteiger charge is 2.08. The van der Waals surface area contributed by atoms with Crippen LogP contribution in [0.4, 0.5) is 0 Å². The highest BCUT2D eigenvalue weighted by atomic mass is 35.5. The van der Waals surface area contributed by atoms with Gasteiger partial charge in [-0.25, -0.2) is 4.98 Å². The predicted octanol–water partition coefficient (Wildman–Crippen LogP) is 2.51. The molecule has 18 heavy (non-hydrogen) atoms. The molecule has 7 heteroatoms. The highest BCUT2D eigenvalue weighted by Crippen LogP contribution is 2.19. The Bertz CT molecular complexity index is 791. The average Bonchev–Trinajstić information content (AvgIpc) is 2.79. The Balaban J connectivity index is 2.26. The third-order valence-corrected chi connectivity index (χ3v) is 3.20. The van der Waals surface area contributed by atoms with Crippen molar-refractivity contribution in [2.75, 3.05) is 0 Å². The summed E-state index contributed by atoms with van der Waals surface area (Å²) < 4.78 is 3.78. The lowest BCUT2D eigenvalue weighted by Crippen LogP contribution is -2.02. The van der Waals surface area contributed by atoms with E-state index in [-0.39, 0.29) is 0 Å². The molecule has 3 rings (SSSR count). The molecular weight excluding hydrogens is 270 g/mol. The molecule has 90 valence electrons. The van der Waals surface area contributed by atoms with Crippen molar-refractivity contribution in [3.05, 3.63) is 40.4 Å². The van der Waals surface area contributed by atoms with E-state index in [9.17, 15) is 0 Å². The van der Waals surface area contributed by atoms with E-state index in [2.05, 4.69) is 15.1 Å². The molecule has 0 saturated heterocycles. The first kappa shape index (κ1) is 11.3. The fourth-order valence-corrected chi connectivity index (χ4v) is 1.96. The van der Waals surface area contributed by atoms with Crippen molar-refractivity contribution < 1.29 is 0 Å². The summed E-state index contributed by atoms with van der Waals surface area (Å²) in [6, 6.07) is 7.35. The van der Waals surface area contributed by atoms with Crippen LogP contribution in [0.1, 0.15) is 0 Å². The van der Waals surface area contributed by atoms with Gasteiger partial charge in [0.2, 0.25) is 4.77 Å². The number of hydrogen-bond donors (Lipinski definition) is 0. The Morgan fingerprint density at radius 3 is 2.94 bits per heavy atom. The molecule has 0 aliphatic carbocycles. The summed E-state index contributed by atoms with van der Waals surface area (Å²) in [5.74, 6) is 1.04. The molecule has 0 saturated carbocycles. The molecule has 0 N–H and O–H groups in total. The minimum atomic E-state index is 0.480. The molecule has 1 aromatic carbocycles. The molecular formula is C11H8ClN5S. The van der Waals surface area contributed by atoms with Crippen LogP contribution >= 0.6 is 23.8 Å². The lowest BCUT2D eigenvalue weighted by molar-refractivity contribution is 0.747. The van der Waals surface area contributed by atoms with Crippen molar-refractivity contribution in [2.24, 2.45) is 7.05 Å². The third kappa shape index (κ3) is 1.79. The normalized spacial score (nSPS) is 11.0. The fourth-order valence-electron chi connectivity index (χ4n) is 1.60. The van der Waals surface area contributed by atoms with Gasteiger partial charge in [0.05, 0.1) is 0 Å². The van der Waals surface area contributed by atoms with Crippen LogP contribution in [-0.4, -0.2) is 24.1 Å².